The van der Waals surface area contributed by atoms with Crippen LogP contribution in [0.1, 0.15) is 53.5 Å². The molecule has 4 heteroatoms. The lowest BCUT2D eigenvalue weighted by Crippen LogP contribution is -2.26. The van der Waals surface area contributed by atoms with Crippen LogP contribution in [0.4, 0.5) is 0 Å². The molecule has 0 heterocycles. The van der Waals surface area contributed by atoms with E-state index in [1.807, 2.05) is 32.9 Å². The van der Waals surface area contributed by atoms with Crippen LogP contribution in [0.5, 0.6) is 0 Å². The number of benzene rings is 2. The molecular formula is C25H32O3S. The van der Waals surface area contributed by atoms with E-state index >= 15 is 0 Å². The van der Waals surface area contributed by atoms with Crippen molar-refractivity contribution >= 4 is 23.5 Å². The van der Waals surface area contributed by atoms with Gasteiger partial charge in [0.15, 0.2) is 5.78 Å². The Bertz CT molecular complexity index is 832. The maximum Gasteiger partial charge on any atom is 0.320 e. The highest BCUT2D eigenvalue weighted by molar-refractivity contribution is 7.99. The maximum absolute atomic E-state index is 13.1. The van der Waals surface area contributed by atoms with Gasteiger partial charge in [0.2, 0.25) is 0 Å². The SMILES string of the molecule is COC(=O)C(C(=O)CC(C)CCSc1ccc(C)cc1)c1c(C)cc(C)cc1C. The van der Waals surface area contributed by atoms with Crippen LogP contribution in [0.3, 0.4) is 0 Å². The molecule has 0 aliphatic carbocycles. The molecule has 156 valence electrons. The van der Waals surface area contributed by atoms with Gasteiger partial charge in [-0.05, 0) is 74.6 Å². The second-order valence-corrected chi connectivity index (χ2v) is 9.16. The summed E-state index contributed by atoms with van der Waals surface area (Å²) in [7, 11) is 1.35. The van der Waals surface area contributed by atoms with Crippen molar-refractivity contribution in [1.29, 1.82) is 0 Å². The molecule has 2 atom stereocenters. The van der Waals surface area contributed by atoms with Crippen LogP contribution in [0.25, 0.3) is 0 Å². The Kier molecular flexibility index (Phi) is 8.51. The van der Waals surface area contributed by atoms with Crippen LogP contribution in [-0.2, 0) is 14.3 Å². The Morgan fingerprint density at radius 2 is 1.55 bits per heavy atom. The first-order valence-corrected chi connectivity index (χ1v) is 11.1. The van der Waals surface area contributed by atoms with Crippen molar-refractivity contribution in [3.63, 3.8) is 0 Å². The molecule has 2 aromatic rings. The molecule has 2 unspecified atom stereocenters. The minimum atomic E-state index is -0.840. The van der Waals surface area contributed by atoms with Crippen LogP contribution < -0.4 is 0 Å². The number of carbonyl (C=O) groups excluding carboxylic acids is 2. The van der Waals surface area contributed by atoms with Gasteiger partial charge in [0, 0.05) is 11.3 Å². The number of thioether (sulfide) groups is 1. The van der Waals surface area contributed by atoms with E-state index in [4.69, 9.17) is 4.74 Å². The minimum Gasteiger partial charge on any atom is -0.468 e. The predicted molar refractivity (Wildman–Crippen MR) is 121 cm³/mol. The molecule has 0 saturated carbocycles. The number of ketones is 1. The minimum absolute atomic E-state index is 0.0558. The highest BCUT2D eigenvalue weighted by atomic mass is 32.2. The van der Waals surface area contributed by atoms with Crippen molar-refractivity contribution in [3.05, 3.63) is 64.2 Å². The van der Waals surface area contributed by atoms with Crippen LogP contribution in [0.15, 0.2) is 41.3 Å². The summed E-state index contributed by atoms with van der Waals surface area (Å²) in [6.45, 7) is 10.1. The van der Waals surface area contributed by atoms with Crippen molar-refractivity contribution < 1.29 is 14.3 Å². The highest BCUT2D eigenvalue weighted by Crippen LogP contribution is 2.30. The summed E-state index contributed by atoms with van der Waals surface area (Å²) in [6, 6.07) is 12.5. The third-order valence-corrected chi connectivity index (χ3v) is 6.28. The van der Waals surface area contributed by atoms with E-state index in [-0.39, 0.29) is 11.7 Å². The first-order valence-electron chi connectivity index (χ1n) is 10.1. The van der Waals surface area contributed by atoms with E-state index < -0.39 is 11.9 Å². The summed E-state index contributed by atoms with van der Waals surface area (Å²) >= 11 is 1.80. The summed E-state index contributed by atoms with van der Waals surface area (Å²) in [5, 5.41) is 0. The lowest BCUT2D eigenvalue weighted by molar-refractivity contribution is -0.145. The van der Waals surface area contributed by atoms with Crippen LogP contribution in [0.2, 0.25) is 0 Å². The number of methoxy groups -OCH3 is 1. The van der Waals surface area contributed by atoms with Crippen LogP contribution >= 0.6 is 11.8 Å². The fourth-order valence-corrected chi connectivity index (χ4v) is 4.83. The zero-order chi connectivity index (χ0) is 21.6. The molecule has 0 aromatic heterocycles. The zero-order valence-corrected chi connectivity index (χ0v) is 19.2. The van der Waals surface area contributed by atoms with Crippen molar-refractivity contribution in [2.24, 2.45) is 5.92 Å². The second kappa shape index (κ2) is 10.6. The van der Waals surface area contributed by atoms with Gasteiger partial charge in [-0.15, -0.1) is 11.8 Å². The Balaban J connectivity index is 2.04. The lowest BCUT2D eigenvalue weighted by atomic mass is 9.83. The summed E-state index contributed by atoms with van der Waals surface area (Å²) in [5.74, 6) is -0.208. The summed E-state index contributed by atoms with van der Waals surface area (Å²) in [6.07, 6.45) is 1.30. The fourth-order valence-electron chi connectivity index (χ4n) is 3.75. The molecule has 0 aliphatic rings. The maximum atomic E-state index is 13.1. The molecule has 2 rings (SSSR count). The van der Waals surface area contributed by atoms with E-state index in [0.717, 1.165) is 34.4 Å². The molecule has 29 heavy (non-hydrogen) atoms. The number of hydrogen-bond donors (Lipinski definition) is 0. The summed E-state index contributed by atoms with van der Waals surface area (Å²) in [5.41, 5.74) is 5.11. The highest BCUT2D eigenvalue weighted by Gasteiger charge is 2.32. The van der Waals surface area contributed by atoms with Crippen molar-refractivity contribution in [2.45, 2.75) is 58.3 Å². The van der Waals surface area contributed by atoms with E-state index in [0.29, 0.717) is 6.42 Å². The average molecular weight is 413 g/mol. The summed E-state index contributed by atoms with van der Waals surface area (Å²) < 4.78 is 4.99. The standard InChI is InChI=1S/C25H32O3S/c1-16-7-9-21(10-8-16)29-12-11-17(2)15-22(26)24(25(27)28-6)23-19(4)13-18(3)14-20(23)5/h7-10,13-14,17,24H,11-12,15H2,1-6H3. The molecule has 0 amide bonds. The van der Waals surface area contributed by atoms with Crippen molar-refractivity contribution in [1.82, 2.24) is 0 Å². The number of hydrogen-bond acceptors (Lipinski definition) is 4. The Labute approximate surface area is 179 Å². The first kappa shape index (κ1) is 23.2. The smallest absolute Gasteiger partial charge is 0.320 e. The number of aryl methyl sites for hydroxylation is 4. The largest absolute Gasteiger partial charge is 0.468 e. The van der Waals surface area contributed by atoms with Gasteiger partial charge in [-0.2, -0.15) is 0 Å². The van der Waals surface area contributed by atoms with Gasteiger partial charge in [-0.3, -0.25) is 9.59 Å². The predicted octanol–water partition coefficient (Wildman–Crippen LogP) is 5.95. The molecule has 2 aromatic carbocycles. The van der Waals surface area contributed by atoms with E-state index in [9.17, 15) is 9.59 Å². The van der Waals surface area contributed by atoms with Crippen molar-refractivity contribution in [3.8, 4) is 0 Å². The quantitative estimate of drug-likeness (QED) is 0.290. The molecule has 0 N–H and O–H groups in total. The zero-order valence-electron chi connectivity index (χ0n) is 18.4. The third kappa shape index (κ3) is 6.46. The Morgan fingerprint density at radius 3 is 2.10 bits per heavy atom. The van der Waals surface area contributed by atoms with Gasteiger partial charge >= 0.3 is 5.97 Å². The topological polar surface area (TPSA) is 43.4 Å². The van der Waals surface area contributed by atoms with Gasteiger partial charge in [0.25, 0.3) is 0 Å². The van der Waals surface area contributed by atoms with Crippen LogP contribution in [0, 0.1) is 33.6 Å². The fraction of sp³-hybridized carbons (Fsp3) is 0.440. The second-order valence-electron chi connectivity index (χ2n) is 7.99. The molecule has 0 saturated heterocycles. The van der Waals surface area contributed by atoms with Gasteiger partial charge in [-0.25, -0.2) is 0 Å². The Morgan fingerprint density at radius 1 is 0.966 bits per heavy atom. The normalized spacial score (nSPS) is 13.0. The summed E-state index contributed by atoms with van der Waals surface area (Å²) in [4.78, 5) is 26.9. The molecular weight excluding hydrogens is 380 g/mol. The molecule has 0 radical (unpaired) electrons. The Hall–Kier alpha value is -2.07. The molecule has 0 bridgehead atoms. The van der Waals surface area contributed by atoms with Gasteiger partial charge in [0.05, 0.1) is 7.11 Å². The van der Waals surface area contributed by atoms with E-state index in [1.165, 1.54) is 17.6 Å². The monoisotopic (exact) mass is 412 g/mol. The number of rotatable bonds is 9. The van der Waals surface area contributed by atoms with Crippen LogP contribution in [-0.4, -0.2) is 24.6 Å². The van der Waals surface area contributed by atoms with Crippen molar-refractivity contribution in [2.75, 3.05) is 12.9 Å². The lowest BCUT2D eigenvalue weighted by Gasteiger charge is -2.21. The van der Waals surface area contributed by atoms with E-state index in [1.54, 1.807) is 11.8 Å². The number of carbonyl (C=O) groups is 2. The first-order chi connectivity index (χ1) is 13.7. The van der Waals surface area contributed by atoms with Gasteiger partial charge in [0.1, 0.15) is 5.92 Å². The molecule has 0 fully saturated rings. The van der Waals surface area contributed by atoms with Gasteiger partial charge < -0.3 is 4.74 Å². The van der Waals surface area contributed by atoms with E-state index in [2.05, 4.69) is 38.1 Å². The number of Topliss-reactive ketones (excluding diaryl/α,β-unsaturated/α-hetero) is 1. The number of esters is 1. The molecule has 3 nitrogen and oxygen atoms in total. The molecule has 0 aliphatic heterocycles. The number of ether oxygens (including phenoxy) is 1. The third-order valence-electron chi connectivity index (χ3n) is 5.24. The molecule has 0 spiro atoms. The van der Waals surface area contributed by atoms with Gasteiger partial charge in [-0.1, -0.05) is 42.3 Å². The average Bonchev–Trinajstić information content (AvgIpc) is 2.65.